The molecule has 0 amide bonds. The fourth-order valence-corrected chi connectivity index (χ4v) is 1.85. The molecule has 0 saturated heterocycles. The summed E-state index contributed by atoms with van der Waals surface area (Å²) in [7, 11) is 0. The second-order valence-corrected chi connectivity index (χ2v) is 3.64. The van der Waals surface area contributed by atoms with Gasteiger partial charge in [0.15, 0.2) is 0 Å². The van der Waals surface area contributed by atoms with Gasteiger partial charge in [0.25, 0.3) is 0 Å². The molecule has 0 spiro atoms. The van der Waals surface area contributed by atoms with Crippen molar-refractivity contribution in [1.29, 1.82) is 0 Å². The van der Waals surface area contributed by atoms with Crippen molar-refractivity contribution in [3.05, 3.63) is 41.7 Å². The van der Waals surface area contributed by atoms with Crippen molar-refractivity contribution >= 4 is 5.69 Å². The van der Waals surface area contributed by atoms with Crippen molar-refractivity contribution in [2.75, 3.05) is 18.0 Å². The van der Waals surface area contributed by atoms with E-state index in [1.165, 1.54) is 12.1 Å². The molecule has 2 rings (SSSR count). The fraction of sp³-hybridized carbons (Fsp3) is 0.333. The first-order valence-corrected chi connectivity index (χ1v) is 5.10. The minimum Gasteiger partial charge on any atom is -0.392 e. The Morgan fingerprint density at radius 1 is 1.33 bits per heavy atom. The van der Waals surface area contributed by atoms with Gasteiger partial charge in [-0.05, 0) is 24.6 Å². The van der Waals surface area contributed by atoms with Crippen LogP contribution >= 0.6 is 0 Å². The van der Waals surface area contributed by atoms with E-state index in [0.717, 1.165) is 25.2 Å². The summed E-state index contributed by atoms with van der Waals surface area (Å²) < 4.78 is 13.0. The second kappa shape index (κ2) is 4.45. The fourth-order valence-electron chi connectivity index (χ4n) is 1.85. The standard InChI is InChI=1S/C12H14FNO/c13-11-4-5-12(10(8-11)9-15)14-6-2-1-3-7-14/h1-2,4-5,8,15H,3,6-7,9H2. The van der Waals surface area contributed by atoms with E-state index in [4.69, 9.17) is 5.11 Å². The summed E-state index contributed by atoms with van der Waals surface area (Å²) in [5.74, 6) is -0.296. The molecular weight excluding hydrogens is 193 g/mol. The zero-order valence-electron chi connectivity index (χ0n) is 8.49. The van der Waals surface area contributed by atoms with Crippen molar-refractivity contribution in [2.24, 2.45) is 0 Å². The van der Waals surface area contributed by atoms with Crippen LogP contribution in [0.5, 0.6) is 0 Å². The molecule has 0 unspecified atom stereocenters. The van der Waals surface area contributed by atoms with Gasteiger partial charge in [-0.25, -0.2) is 4.39 Å². The van der Waals surface area contributed by atoms with Crippen LogP contribution in [0.1, 0.15) is 12.0 Å². The van der Waals surface area contributed by atoms with Crippen LogP contribution < -0.4 is 4.90 Å². The first kappa shape index (κ1) is 10.2. The number of hydrogen-bond donors (Lipinski definition) is 1. The topological polar surface area (TPSA) is 23.5 Å². The van der Waals surface area contributed by atoms with Crippen LogP contribution in [0, 0.1) is 5.82 Å². The third-order valence-corrected chi connectivity index (χ3v) is 2.61. The van der Waals surface area contributed by atoms with Gasteiger partial charge in [0, 0.05) is 24.3 Å². The monoisotopic (exact) mass is 207 g/mol. The molecule has 0 fully saturated rings. The third kappa shape index (κ3) is 2.18. The predicted octanol–water partition coefficient (Wildman–Crippen LogP) is 2.08. The number of aliphatic hydroxyl groups is 1. The molecule has 2 nitrogen and oxygen atoms in total. The van der Waals surface area contributed by atoms with Gasteiger partial charge in [-0.15, -0.1) is 0 Å². The minimum absolute atomic E-state index is 0.118. The number of rotatable bonds is 2. The summed E-state index contributed by atoms with van der Waals surface area (Å²) in [5.41, 5.74) is 1.59. The Morgan fingerprint density at radius 2 is 2.20 bits per heavy atom. The molecule has 80 valence electrons. The number of anilines is 1. The highest BCUT2D eigenvalue weighted by atomic mass is 19.1. The molecule has 3 heteroatoms. The number of nitrogens with zero attached hydrogens (tertiary/aromatic N) is 1. The maximum atomic E-state index is 13.0. The van der Waals surface area contributed by atoms with Gasteiger partial charge in [-0.1, -0.05) is 12.2 Å². The Labute approximate surface area is 88.6 Å². The molecule has 0 aromatic heterocycles. The smallest absolute Gasteiger partial charge is 0.123 e. The normalized spacial score (nSPS) is 15.7. The molecule has 1 N–H and O–H groups in total. The average Bonchev–Trinajstić information content (AvgIpc) is 2.30. The van der Waals surface area contributed by atoms with Gasteiger partial charge in [0.2, 0.25) is 0 Å². The molecule has 1 aromatic rings. The van der Waals surface area contributed by atoms with Gasteiger partial charge in [-0.2, -0.15) is 0 Å². The summed E-state index contributed by atoms with van der Waals surface area (Å²) in [6, 6.07) is 4.57. The number of benzene rings is 1. The zero-order valence-corrected chi connectivity index (χ0v) is 8.49. The lowest BCUT2D eigenvalue weighted by atomic mass is 10.1. The highest BCUT2D eigenvalue weighted by molar-refractivity contribution is 5.54. The maximum Gasteiger partial charge on any atom is 0.123 e. The quantitative estimate of drug-likeness (QED) is 0.750. The lowest BCUT2D eigenvalue weighted by Gasteiger charge is -2.27. The van der Waals surface area contributed by atoms with Crippen LogP contribution in [0.2, 0.25) is 0 Å². The van der Waals surface area contributed by atoms with Crippen LogP contribution in [0.25, 0.3) is 0 Å². The average molecular weight is 207 g/mol. The van der Waals surface area contributed by atoms with E-state index in [9.17, 15) is 4.39 Å². The minimum atomic E-state index is -0.296. The predicted molar refractivity (Wildman–Crippen MR) is 58.3 cm³/mol. The van der Waals surface area contributed by atoms with Crippen LogP contribution in [0.15, 0.2) is 30.4 Å². The van der Waals surface area contributed by atoms with E-state index in [2.05, 4.69) is 17.1 Å². The Morgan fingerprint density at radius 3 is 2.87 bits per heavy atom. The van der Waals surface area contributed by atoms with Crippen molar-refractivity contribution in [2.45, 2.75) is 13.0 Å². The first-order chi connectivity index (χ1) is 7.31. The molecule has 0 bridgehead atoms. The maximum absolute atomic E-state index is 13.0. The molecule has 0 aliphatic carbocycles. The van der Waals surface area contributed by atoms with Crippen molar-refractivity contribution in [3.63, 3.8) is 0 Å². The van der Waals surface area contributed by atoms with Crippen LogP contribution in [0.3, 0.4) is 0 Å². The Balaban J connectivity index is 2.30. The molecule has 1 aliphatic heterocycles. The zero-order chi connectivity index (χ0) is 10.7. The second-order valence-electron chi connectivity index (χ2n) is 3.64. The highest BCUT2D eigenvalue weighted by Gasteiger charge is 2.11. The van der Waals surface area contributed by atoms with E-state index in [1.54, 1.807) is 6.07 Å². The summed E-state index contributed by atoms with van der Waals surface area (Å²) >= 11 is 0. The van der Waals surface area contributed by atoms with Crippen molar-refractivity contribution < 1.29 is 9.50 Å². The van der Waals surface area contributed by atoms with Gasteiger partial charge >= 0.3 is 0 Å². The number of aliphatic hydroxyl groups excluding tert-OH is 1. The Hall–Kier alpha value is -1.35. The molecule has 0 radical (unpaired) electrons. The molecule has 1 aromatic carbocycles. The largest absolute Gasteiger partial charge is 0.392 e. The van der Waals surface area contributed by atoms with Crippen LogP contribution in [-0.4, -0.2) is 18.2 Å². The lowest BCUT2D eigenvalue weighted by Crippen LogP contribution is -2.27. The Kier molecular flexibility index (Phi) is 3.02. The molecular formula is C12H14FNO. The van der Waals surface area contributed by atoms with E-state index >= 15 is 0 Å². The van der Waals surface area contributed by atoms with Crippen LogP contribution in [0.4, 0.5) is 10.1 Å². The summed E-state index contributed by atoms with van der Waals surface area (Å²) in [6.45, 7) is 1.64. The van der Waals surface area contributed by atoms with E-state index < -0.39 is 0 Å². The van der Waals surface area contributed by atoms with E-state index in [1.807, 2.05) is 0 Å². The van der Waals surface area contributed by atoms with Gasteiger partial charge in [0.05, 0.1) is 6.61 Å². The molecule has 0 saturated carbocycles. The number of hydrogen-bond acceptors (Lipinski definition) is 2. The van der Waals surface area contributed by atoms with Crippen molar-refractivity contribution in [1.82, 2.24) is 0 Å². The lowest BCUT2D eigenvalue weighted by molar-refractivity contribution is 0.281. The van der Waals surface area contributed by atoms with E-state index in [-0.39, 0.29) is 12.4 Å². The van der Waals surface area contributed by atoms with Gasteiger partial charge in [-0.3, -0.25) is 0 Å². The van der Waals surface area contributed by atoms with E-state index in [0.29, 0.717) is 5.56 Å². The van der Waals surface area contributed by atoms with Crippen molar-refractivity contribution in [3.8, 4) is 0 Å². The SMILES string of the molecule is OCc1cc(F)ccc1N1CC=CCC1. The summed E-state index contributed by atoms with van der Waals surface area (Å²) in [4.78, 5) is 2.14. The molecule has 0 atom stereocenters. The first-order valence-electron chi connectivity index (χ1n) is 5.10. The van der Waals surface area contributed by atoms with Crippen LogP contribution in [-0.2, 0) is 6.61 Å². The third-order valence-electron chi connectivity index (χ3n) is 2.61. The van der Waals surface area contributed by atoms with Gasteiger partial charge in [0.1, 0.15) is 5.82 Å². The summed E-state index contributed by atoms with van der Waals surface area (Å²) in [5, 5.41) is 9.16. The molecule has 1 heterocycles. The molecule has 15 heavy (non-hydrogen) atoms. The summed E-state index contributed by atoms with van der Waals surface area (Å²) in [6.07, 6.45) is 5.23. The molecule has 1 aliphatic rings. The Bertz CT molecular complexity index is 376. The van der Waals surface area contributed by atoms with Gasteiger partial charge < -0.3 is 10.0 Å². The number of halogens is 1. The highest BCUT2D eigenvalue weighted by Crippen LogP contribution is 2.23.